The first-order valence-electron chi connectivity index (χ1n) is 11.9. The van der Waals surface area contributed by atoms with E-state index in [1.54, 1.807) is 0 Å². The minimum absolute atomic E-state index is 0.0819. The maximum atomic E-state index is 12.1. The average molecular weight is 389 g/mol. The lowest BCUT2D eigenvalue weighted by Gasteiger charge is -2.16. The lowest BCUT2D eigenvalue weighted by Crippen LogP contribution is -2.38. The second-order valence-corrected chi connectivity index (χ2v) is 8.17. The molecule has 1 rings (SSSR count). The Morgan fingerprint density at radius 2 is 1.07 bits per heavy atom. The fraction of sp³-hybridized carbons (Fsp3) is 0.720. The Bertz CT molecular complexity index is 475. The Hall–Kier alpha value is -1.35. The molecular weight excluding hydrogens is 344 g/mol. The number of unbranched alkanes of at least 4 members (excludes halogenated alkanes) is 15. The molecule has 1 aromatic rings. The van der Waals surface area contributed by atoms with Crippen LogP contribution in [0.5, 0.6) is 0 Å². The van der Waals surface area contributed by atoms with Gasteiger partial charge in [0.05, 0.1) is 0 Å². The molecule has 0 aromatic heterocycles. The van der Waals surface area contributed by atoms with Crippen molar-refractivity contribution in [2.24, 2.45) is 5.84 Å². The number of carbonyl (C=O) groups is 1. The standard InChI is InChI=1S/C25H44N2O/c1-2-3-4-5-6-7-8-9-10-11-12-13-14-15-16-20-23-27(26)25(28)24-21-18-17-19-22-24/h17-19,21-22H,2-16,20,23,26H2,1H3. The van der Waals surface area contributed by atoms with Crippen molar-refractivity contribution in [3.63, 3.8) is 0 Å². The van der Waals surface area contributed by atoms with E-state index in [1.165, 1.54) is 94.9 Å². The van der Waals surface area contributed by atoms with Crippen LogP contribution in [0.2, 0.25) is 0 Å². The van der Waals surface area contributed by atoms with Gasteiger partial charge >= 0.3 is 0 Å². The number of hydrogen-bond donors (Lipinski definition) is 1. The van der Waals surface area contributed by atoms with Crippen LogP contribution in [0.4, 0.5) is 0 Å². The Morgan fingerprint density at radius 3 is 1.50 bits per heavy atom. The summed E-state index contributed by atoms with van der Waals surface area (Å²) in [6.07, 6.45) is 21.6. The van der Waals surface area contributed by atoms with Crippen LogP contribution in [0.3, 0.4) is 0 Å². The zero-order valence-corrected chi connectivity index (χ0v) is 18.3. The van der Waals surface area contributed by atoms with Gasteiger partial charge in [-0.05, 0) is 18.6 Å². The molecule has 0 aliphatic rings. The highest BCUT2D eigenvalue weighted by molar-refractivity contribution is 5.93. The van der Waals surface area contributed by atoms with E-state index in [0.29, 0.717) is 12.1 Å². The number of nitrogens with two attached hydrogens (primary N) is 1. The first-order chi connectivity index (χ1) is 13.8. The fourth-order valence-electron chi connectivity index (χ4n) is 3.68. The molecule has 3 heteroatoms. The summed E-state index contributed by atoms with van der Waals surface area (Å²) < 4.78 is 0. The van der Waals surface area contributed by atoms with Crippen molar-refractivity contribution in [3.05, 3.63) is 35.9 Å². The topological polar surface area (TPSA) is 46.3 Å². The summed E-state index contributed by atoms with van der Waals surface area (Å²) in [4.78, 5) is 12.1. The highest BCUT2D eigenvalue weighted by atomic mass is 16.2. The van der Waals surface area contributed by atoms with Crippen molar-refractivity contribution < 1.29 is 4.79 Å². The van der Waals surface area contributed by atoms with Crippen LogP contribution in [0.25, 0.3) is 0 Å². The number of carbonyl (C=O) groups excluding carboxylic acids is 1. The van der Waals surface area contributed by atoms with Gasteiger partial charge in [-0.1, -0.05) is 121 Å². The highest BCUT2D eigenvalue weighted by Crippen LogP contribution is 2.14. The van der Waals surface area contributed by atoms with Crippen LogP contribution in [0, 0.1) is 0 Å². The van der Waals surface area contributed by atoms with Crippen molar-refractivity contribution in [1.29, 1.82) is 0 Å². The largest absolute Gasteiger partial charge is 0.277 e. The van der Waals surface area contributed by atoms with Crippen LogP contribution in [0.15, 0.2) is 30.3 Å². The van der Waals surface area contributed by atoms with Crippen LogP contribution in [-0.4, -0.2) is 17.5 Å². The van der Waals surface area contributed by atoms with Crippen molar-refractivity contribution in [2.45, 2.75) is 110 Å². The Balaban J connectivity index is 1.82. The number of hydrogen-bond acceptors (Lipinski definition) is 2. The molecule has 0 saturated carbocycles. The first-order valence-corrected chi connectivity index (χ1v) is 11.9. The zero-order chi connectivity index (χ0) is 20.3. The van der Waals surface area contributed by atoms with Crippen LogP contribution >= 0.6 is 0 Å². The molecule has 0 saturated heterocycles. The zero-order valence-electron chi connectivity index (χ0n) is 18.3. The van der Waals surface area contributed by atoms with Crippen LogP contribution in [-0.2, 0) is 0 Å². The molecule has 0 aliphatic heterocycles. The average Bonchev–Trinajstić information content (AvgIpc) is 2.73. The Kier molecular flexibility index (Phi) is 15.6. The lowest BCUT2D eigenvalue weighted by atomic mass is 10.0. The first kappa shape index (κ1) is 24.7. The minimum Gasteiger partial charge on any atom is -0.277 e. The molecular formula is C25H44N2O. The van der Waals surface area contributed by atoms with E-state index < -0.39 is 0 Å². The summed E-state index contributed by atoms with van der Waals surface area (Å²) in [5, 5.41) is 1.36. The maximum Gasteiger partial charge on any atom is 0.267 e. The molecule has 0 spiro atoms. The van der Waals surface area contributed by atoms with Crippen LogP contribution < -0.4 is 5.84 Å². The summed E-state index contributed by atoms with van der Waals surface area (Å²) >= 11 is 0. The molecule has 0 unspecified atom stereocenters. The molecule has 3 nitrogen and oxygen atoms in total. The molecule has 1 aromatic carbocycles. The summed E-state index contributed by atoms with van der Waals surface area (Å²) in [5.41, 5.74) is 0.668. The minimum atomic E-state index is -0.0819. The van der Waals surface area contributed by atoms with Gasteiger partial charge < -0.3 is 0 Å². The van der Waals surface area contributed by atoms with E-state index >= 15 is 0 Å². The van der Waals surface area contributed by atoms with Crippen molar-refractivity contribution in [1.82, 2.24) is 5.01 Å². The molecule has 0 aliphatic carbocycles. The van der Waals surface area contributed by atoms with E-state index in [4.69, 9.17) is 5.84 Å². The fourth-order valence-corrected chi connectivity index (χ4v) is 3.68. The molecule has 0 radical (unpaired) electrons. The molecule has 0 atom stereocenters. The van der Waals surface area contributed by atoms with Gasteiger partial charge in [0, 0.05) is 12.1 Å². The Morgan fingerprint density at radius 1 is 0.679 bits per heavy atom. The predicted octanol–water partition coefficient (Wildman–Crippen LogP) is 7.26. The third-order valence-electron chi connectivity index (χ3n) is 5.53. The van der Waals surface area contributed by atoms with Crippen LogP contribution in [0.1, 0.15) is 120 Å². The van der Waals surface area contributed by atoms with Gasteiger partial charge in [0.25, 0.3) is 5.91 Å². The van der Waals surface area contributed by atoms with Gasteiger partial charge in [-0.3, -0.25) is 9.80 Å². The third-order valence-corrected chi connectivity index (χ3v) is 5.53. The van der Waals surface area contributed by atoms with E-state index in [1.807, 2.05) is 30.3 Å². The van der Waals surface area contributed by atoms with E-state index in [-0.39, 0.29) is 5.91 Å². The van der Waals surface area contributed by atoms with E-state index in [0.717, 1.165) is 12.8 Å². The SMILES string of the molecule is CCCCCCCCCCCCCCCCCCN(N)C(=O)c1ccccc1. The van der Waals surface area contributed by atoms with Gasteiger partial charge in [-0.15, -0.1) is 0 Å². The van der Waals surface area contributed by atoms with Gasteiger partial charge in [0.2, 0.25) is 0 Å². The predicted molar refractivity (Wildman–Crippen MR) is 121 cm³/mol. The lowest BCUT2D eigenvalue weighted by molar-refractivity contribution is 0.0752. The third kappa shape index (κ3) is 12.9. The van der Waals surface area contributed by atoms with Crippen molar-refractivity contribution >= 4 is 5.91 Å². The van der Waals surface area contributed by atoms with Crippen molar-refractivity contribution in [3.8, 4) is 0 Å². The molecule has 0 heterocycles. The molecule has 1 amide bonds. The molecule has 0 fully saturated rings. The van der Waals surface area contributed by atoms with Gasteiger partial charge in [-0.25, -0.2) is 5.84 Å². The second-order valence-electron chi connectivity index (χ2n) is 8.17. The summed E-state index contributed by atoms with van der Waals surface area (Å²) in [5.74, 6) is 5.81. The molecule has 160 valence electrons. The quantitative estimate of drug-likeness (QED) is 0.124. The molecule has 2 N–H and O–H groups in total. The number of amides is 1. The normalized spacial score (nSPS) is 10.9. The van der Waals surface area contributed by atoms with Gasteiger partial charge in [-0.2, -0.15) is 0 Å². The Labute approximate surface area is 174 Å². The molecule has 28 heavy (non-hydrogen) atoms. The smallest absolute Gasteiger partial charge is 0.267 e. The summed E-state index contributed by atoms with van der Waals surface area (Å²) in [7, 11) is 0. The number of rotatable bonds is 18. The van der Waals surface area contributed by atoms with E-state index in [2.05, 4.69) is 6.92 Å². The number of benzene rings is 1. The summed E-state index contributed by atoms with van der Waals surface area (Å²) in [6.45, 7) is 2.93. The van der Waals surface area contributed by atoms with E-state index in [9.17, 15) is 4.79 Å². The number of hydrazine groups is 1. The highest BCUT2D eigenvalue weighted by Gasteiger charge is 2.10. The maximum absolute atomic E-state index is 12.1. The molecule has 0 bridgehead atoms. The monoisotopic (exact) mass is 388 g/mol. The second kappa shape index (κ2) is 17.7. The van der Waals surface area contributed by atoms with Gasteiger partial charge in [0.1, 0.15) is 0 Å². The van der Waals surface area contributed by atoms with Gasteiger partial charge in [0.15, 0.2) is 0 Å². The number of nitrogens with zero attached hydrogens (tertiary/aromatic N) is 1. The summed E-state index contributed by atoms with van der Waals surface area (Å²) in [6, 6.07) is 9.28. The van der Waals surface area contributed by atoms with Crippen molar-refractivity contribution in [2.75, 3.05) is 6.54 Å².